The second kappa shape index (κ2) is 15.0. The second-order valence-electron chi connectivity index (χ2n) is 9.13. The summed E-state index contributed by atoms with van der Waals surface area (Å²) < 4.78 is 13.1. The van der Waals surface area contributed by atoms with Gasteiger partial charge in [0.2, 0.25) is 11.9 Å². The number of nitrogens with one attached hydrogen (secondary N) is 4. The standard InChI is InChI=1S/C26H38FN7O2/c27-20-12-10-19(11-13-20)17-32-24(35)21-18-33-26-31-16-7-3-1-2-6-15-30-25(36)22(28)9-5-4-8-14-29-23(21)34-26/h10-13,18,22H,1-9,14-17,28H2,(H,30,36)(H,32,35)(H2,29,31,33,34)/t22-/m0/s1. The van der Waals surface area contributed by atoms with Crippen molar-refractivity contribution >= 4 is 23.6 Å². The van der Waals surface area contributed by atoms with E-state index in [1.165, 1.54) is 18.3 Å². The first-order chi connectivity index (χ1) is 17.5. The van der Waals surface area contributed by atoms with E-state index in [1.54, 1.807) is 12.1 Å². The SMILES string of the molecule is N[C@H]1CCCCCNc2nc(ncc2C(=O)NCc2ccc(F)cc2)NCCCCCCCNC1=O. The molecule has 10 heteroatoms. The molecule has 196 valence electrons. The van der Waals surface area contributed by atoms with E-state index in [0.29, 0.717) is 36.8 Å². The zero-order chi connectivity index (χ0) is 25.6. The van der Waals surface area contributed by atoms with Crippen molar-refractivity contribution in [1.82, 2.24) is 20.6 Å². The van der Waals surface area contributed by atoms with Crippen molar-refractivity contribution < 1.29 is 14.0 Å². The van der Waals surface area contributed by atoms with Crippen LogP contribution in [0.4, 0.5) is 16.2 Å². The third kappa shape index (κ3) is 9.41. The maximum atomic E-state index is 13.1. The molecule has 0 fully saturated rings. The Balaban J connectivity index is 1.62. The minimum atomic E-state index is -0.476. The Morgan fingerprint density at radius 2 is 1.58 bits per heavy atom. The first-order valence-electron chi connectivity index (χ1n) is 12.9. The highest BCUT2D eigenvalue weighted by Gasteiger charge is 2.16. The fraction of sp³-hybridized carbons (Fsp3) is 0.538. The lowest BCUT2D eigenvalue weighted by atomic mass is 10.1. The van der Waals surface area contributed by atoms with Crippen molar-refractivity contribution in [2.45, 2.75) is 70.4 Å². The molecule has 0 unspecified atom stereocenters. The van der Waals surface area contributed by atoms with E-state index < -0.39 is 6.04 Å². The minimum Gasteiger partial charge on any atom is -0.369 e. The summed E-state index contributed by atoms with van der Waals surface area (Å²) in [6, 6.07) is 5.52. The lowest BCUT2D eigenvalue weighted by Gasteiger charge is -2.14. The highest BCUT2D eigenvalue weighted by Crippen LogP contribution is 2.16. The van der Waals surface area contributed by atoms with Crippen LogP contribution in [0.25, 0.3) is 0 Å². The summed E-state index contributed by atoms with van der Waals surface area (Å²) in [5.41, 5.74) is 7.17. The maximum Gasteiger partial charge on any atom is 0.256 e. The van der Waals surface area contributed by atoms with Crippen LogP contribution in [0, 0.1) is 5.82 Å². The van der Waals surface area contributed by atoms with E-state index in [9.17, 15) is 14.0 Å². The number of hydrogen-bond donors (Lipinski definition) is 5. The van der Waals surface area contributed by atoms with Crippen LogP contribution in [0.15, 0.2) is 30.5 Å². The van der Waals surface area contributed by atoms with E-state index in [4.69, 9.17) is 5.73 Å². The lowest BCUT2D eigenvalue weighted by molar-refractivity contribution is -0.122. The lowest BCUT2D eigenvalue weighted by Crippen LogP contribution is -2.40. The molecule has 0 spiro atoms. The molecule has 2 aromatic rings. The van der Waals surface area contributed by atoms with Gasteiger partial charge in [0, 0.05) is 32.4 Å². The van der Waals surface area contributed by atoms with Gasteiger partial charge in [-0.05, 0) is 43.4 Å². The van der Waals surface area contributed by atoms with Gasteiger partial charge in [0.1, 0.15) is 17.2 Å². The number of carbonyl (C=O) groups is 2. The Kier molecular flexibility index (Phi) is 11.4. The summed E-state index contributed by atoms with van der Waals surface area (Å²) in [7, 11) is 0. The fourth-order valence-electron chi connectivity index (χ4n) is 3.97. The molecule has 0 aliphatic carbocycles. The fourth-order valence-corrected chi connectivity index (χ4v) is 3.97. The molecule has 1 atom stereocenters. The quantitative estimate of drug-likeness (QED) is 0.437. The molecule has 36 heavy (non-hydrogen) atoms. The topological polar surface area (TPSA) is 134 Å². The van der Waals surface area contributed by atoms with Crippen LogP contribution < -0.4 is 27.0 Å². The summed E-state index contributed by atoms with van der Waals surface area (Å²) in [6.07, 6.45) is 9.90. The van der Waals surface area contributed by atoms with Gasteiger partial charge in [-0.25, -0.2) is 9.37 Å². The molecule has 1 aliphatic rings. The van der Waals surface area contributed by atoms with Crippen LogP contribution in [0.2, 0.25) is 0 Å². The molecule has 0 saturated carbocycles. The van der Waals surface area contributed by atoms with Crippen LogP contribution >= 0.6 is 0 Å². The Bertz CT molecular complexity index is 971. The Hall–Kier alpha value is -3.27. The molecule has 6 N–H and O–H groups in total. The molecule has 1 aromatic carbocycles. The smallest absolute Gasteiger partial charge is 0.256 e. The Morgan fingerprint density at radius 3 is 2.33 bits per heavy atom. The van der Waals surface area contributed by atoms with E-state index in [2.05, 4.69) is 31.2 Å². The number of halogens is 1. The predicted octanol–water partition coefficient (Wildman–Crippen LogP) is 3.34. The van der Waals surface area contributed by atoms with E-state index in [0.717, 1.165) is 63.5 Å². The van der Waals surface area contributed by atoms with Crippen LogP contribution in [0.3, 0.4) is 0 Å². The number of aromatic nitrogens is 2. The summed E-state index contributed by atoms with van der Waals surface area (Å²) in [5, 5.41) is 12.3. The molecule has 1 aliphatic heterocycles. The van der Waals surface area contributed by atoms with Crippen molar-refractivity contribution in [2.24, 2.45) is 5.73 Å². The number of benzene rings is 1. The number of nitrogens with two attached hydrogens (primary N) is 1. The predicted molar refractivity (Wildman–Crippen MR) is 139 cm³/mol. The molecule has 0 radical (unpaired) electrons. The molecular formula is C26H38FN7O2. The number of carbonyl (C=O) groups excluding carboxylic acids is 2. The van der Waals surface area contributed by atoms with Gasteiger partial charge < -0.3 is 27.0 Å². The van der Waals surface area contributed by atoms with E-state index in [-0.39, 0.29) is 24.2 Å². The van der Waals surface area contributed by atoms with E-state index in [1.807, 2.05) is 0 Å². The van der Waals surface area contributed by atoms with Gasteiger partial charge in [0.25, 0.3) is 5.91 Å². The van der Waals surface area contributed by atoms with Crippen LogP contribution in [0.5, 0.6) is 0 Å². The van der Waals surface area contributed by atoms with Gasteiger partial charge >= 0.3 is 0 Å². The van der Waals surface area contributed by atoms with Crippen LogP contribution in [0.1, 0.15) is 73.7 Å². The summed E-state index contributed by atoms with van der Waals surface area (Å²) in [6.45, 7) is 2.30. The molecule has 2 heterocycles. The van der Waals surface area contributed by atoms with Crippen LogP contribution in [-0.2, 0) is 11.3 Å². The number of rotatable bonds is 3. The zero-order valence-corrected chi connectivity index (χ0v) is 20.8. The number of hydrogen-bond acceptors (Lipinski definition) is 7. The van der Waals surface area contributed by atoms with Gasteiger partial charge in [-0.1, -0.05) is 44.2 Å². The number of fused-ring (bicyclic) bond motifs is 2. The van der Waals surface area contributed by atoms with Gasteiger partial charge in [0.15, 0.2) is 0 Å². The molecule has 2 amide bonds. The monoisotopic (exact) mass is 499 g/mol. The summed E-state index contributed by atoms with van der Waals surface area (Å²) in [5.74, 6) is 0.253. The largest absolute Gasteiger partial charge is 0.369 e. The summed E-state index contributed by atoms with van der Waals surface area (Å²) in [4.78, 5) is 33.9. The van der Waals surface area contributed by atoms with E-state index >= 15 is 0 Å². The normalized spacial score (nSPS) is 18.7. The molecule has 3 rings (SSSR count). The average molecular weight is 500 g/mol. The first-order valence-corrected chi connectivity index (χ1v) is 12.9. The number of anilines is 2. The van der Waals surface area contributed by atoms with Crippen LogP contribution in [-0.4, -0.2) is 47.5 Å². The molecule has 1 aromatic heterocycles. The highest BCUT2D eigenvalue weighted by atomic mass is 19.1. The van der Waals surface area contributed by atoms with Crippen molar-refractivity contribution in [3.63, 3.8) is 0 Å². The molecule has 2 bridgehead atoms. The average Bonchev–Trinajstić information content (AvgIpc) is 2.88. The first kappa shape index (κ1) is 27.3. The molecular weight excluding hydrogens is 461 g/mol. The highest BCUT2D eigenvalue weighted by molar-refractivity contribution is 5.98. The maximum absolute atomic E-state index is 13.1. The molecule has 9 nitrogen and oxygen atoms in total. The third-order valence-corrected chi connectivity index (χ3v) is 6.16. The van der Waals surface area contributed by atoms with Crippen molar-refractivity contribution in [2.75, 3.05) is 30.3 Å². The molecule has 0 saturated heterocycles. The van der Waals surface area contributed by atoms with Crippen molar-refractivity contribution in [3.05, 3.63) is 47.4 Å². The van der Waals surface area contributed by atoms with Crippen molar-refractivity contribution in [1.29, 1.82) is 0 Å². The zero-order valence-electron chi connectivity index (χ0n) is 20.8. The van der Waals surface area contributed by atoms with Gasteiger partial charge in [-0.3, -0.25) is 9.59 Å². The van der Waals surface area contributed by atoms with Gasteiger partial charge in [-0.15, -0.1) is 0 Å². The Morgan fingerprint density at radius 1 is 0.944 bits per heavy atom. The van der Waals surface area contributed by atoms with Crippen molar-refractivity contribution in [3.8, 4) is 0 Å². The minimum absolute atomic E-state index is 0.0727. The Labute approximate surface area is 212 Å². The van der Waals surface area contributed by atoms with Gasteiger partial charge in [-0.2, -0.15) is 4.98 Å². The summed E-state index contributed by atoms with van der Waals surface area (Å²) >= 11 is 0. The second-order valence-corrected chi connectivity index (χ2v) is 9.13. The number of amides is 2. The number of nitrogens with zero attached hydrogens (tertiary/aromatic N) is 2. The van der Waals surface area contributed by atoms with Gasteiger partial charge in [0.05, 0.1) is 6.04 Å². The third-order valence-electron chi connectivity index (χ3n) is 6.16.